The van der Waals surface area contributed by atoms with Gasteiger partial charge in [0.15, 0.2) is 11.5 Å². The van der Waals surface area contributed by atoms with Crippen molar-refractivity contribution in [3.63, 3.8) is 0 Å². The number of pyridine rings is 1. The normalized spacial score (nSPS) is 14.6. The lowest BCUT2D eigenvalue weighted by atomic mass is 9.95. The topological polar surface area (TPSA) is 89.6 Å². The van der Waals surface area contributed by atoms with E-state index in [2.05, 4.69) is 22.1 Å². The van der Waals surface area contributed by atoms with Gasteiger partial charge in [0, 0.05) is 30.1 Å². The van der Waals surface area contributed by atoms with Crippen molar-refractivity contribution in [3.05, 3.63) is 89.4 Å². The maximum Gasteiger partial charge on any atom is 0.273 e. The highest BCUT2D eigenvalue weighted by molar-refractivity contribution is 6.00. The van der Waals surface area contributed by atoms with E-state index in [1.54, 1.807) is 26.6 Å². The van der Waals surface area contributed by atoms with Gasteiger partial charge in [0.05, 0.1) is 32.6 Å². The number of fused-ring (bicyclic) bond motifs is 1. The summed E-state index contributed by atoms with van der Waals surface area (Å²) in [5, 5.41) is 7.55. The molecule has 0 fully saturated rings. The summed E-state index contributed by atoms with van der Waals surface area (Å²) in [5.74, 6) is 1.94. The number of benzene rings is 2. The number of nitrogens with one attached hydrogen (secondary N) is 1. The second kappa shape index (κ2) is 10.1. The van der Waals surface area contributed by atoms with Crippen molar-refractivity contribution in [1.29, 1.82) is 0 Å². The zero-order valence-electron chi connectivity index (χ0n) is 20.5. The van der Waals surface area contributed by atoms with E-state index in [4.69, 9.17) is 14.2 Å². The first-order valence-electron chi connectivity index (χ1n) is 11.9. The lowest BCUT2D eigenvalue weighted by molar-refractivity contribution is 0.0729. The summed E-state index contributed by atoms with van der Waals surface area (Å²) in [4.78, 5) is 19.7. The molecule has 1 aliphatic rings. The average molecular weight is 485 g/mol. The first-order chi connectivity index (χ1) is 17.6. The van der Waals surface area contributed by atoms with E-state index in [0.717, 1.165) is 40.1 Å². The number of carbonyl (C=O) groups is 1. The molecule has 3 heterocycles. The Morgan fingerprint density at radius 1 is 1.03 bits per heavy atom. The van der Waals surface area contributed by atoms with E-state index in [9.17, 15) is 4.79 Å². The number of methoxy groups -OCH3 is 2. The van der Waals surface area contributed by atoms with Gasteiger partial charge in [-0.25, -0.2) is 0 Å². The van der Waals surface area contributed by atoms with Crippen LogP contribution in [0.5, 0.6) is 17.2 Å². The third-order valence-corrected chi connectivity index (χ3v) is 6.27. The Labute approximate surface area is 209 Å². The molecule has 0 aliphatic carbocycles. The minimum atomic E-state index is -0.377. The molecule has 8 heteroatoms. The molecule has 0 bridgehead atoms. The zero-order chi connectivity index (χ0) is 25.1. The molecular formula is C28H28N4O4. The zero-order valence-corrected chi connectivity index (χ0v) is 20.5. The molecule has 0 saturated carbocycles. The van der Waals surface area contributed by atoms with E-state index in [1.807, 2.05) is 59.5 Å². The Kier molecular flexibility index (Phi) is 6.58. The van der Waals surface area contributed by atoms with Crippen LogP contribution in [0.15, 0.2) is 67.0 Å². The number of hydrogen-bond acceptors (Lipinski definition) is 6. The van der Waals surface area contributed by atoms with Crippen molar-refractivity contribution in [2.45, 2.75) is 25.9 Å². The number of amides is 1. The highest BCUT2D eigenvalue weighted by Gasteiger charge is 2.42. The molecule has 0 radical (unpaired) electrons. The number of hydrogen-bond donors (Lipinski definition) is 1. The summed E-state index contributed by atoms with van der Waals surface area (Å²) in [6.45, 7) is 3.05. The van der Waals surface area contributed by atoms with E-state index >= 15 is 0 Å². The van der Waals surface area contributed by atoms with Crippen molar-refractivity contribution < 1.29 is 19.0 Å². The number of ether oxygens (including phenoxy) is 3. The summed E-state index contributed by atoms with van der Waals surface area (Å²) < 4.78 is 16.8. The monoisotopic (exact) mass is 484 g/mol. The summed E-state index contributed by atoms with van der Waals surface area (Å²) >= 11 is 0. The van der Waals surface area contributed by atoms with Crippen LogP contribution in [-0.4, -0.2) is 46.8 Å². The molecule has 1 N–H and O–H groups in total. The molecule has 2 aromatic heterocycles. The van der Waals surface area contributed by atoms with Crippen LogP contribution >= 0.6 is 0 Å². The maximum absolute atomic E-state index is 13.7. The summed E-state index contributed by atoms with van der Waals surface area (Å²) in [5.41, 5.74) is 4.78. The van der Waals surface area contributed by atoms with Gasteiger partial charge in [0.2, 0.25) is 0 Å². The summed E-state index contributed by atoms with van der Waals surface area (Å²) in [6, 6.07) is 17.0. The largest absolute Gasteiger partial charge is 0.497 e. The van der Waals surface area contributed by atoms with Crippen molar-refractivity contribution >= 4 is 5.91 Å². The van der Waals surface area contributed by atoms with Crippen LogP contribution in [0.4, 0.5) is 0 Å². The van der Waals surface area contributed by atoms with Crippen LogP contribution in [-0.2, 0) is 6.54 Å². The van der Waals surface area contributed by atoms with E-state index in [0.29, 0.717) is 30.3 Å². The fraction of sp³-hybridized carbons (Fsp3) is 0.250. The fourth-order valence-corrected chi connectivity index (χ4v) is 4.55. The number of H-pyrrole nitrogens is 1. The van der Waals surface area contributed by atoms with Gasteiger partial charge in [0.25, 0.3) is 5.91 Å². The standard InChI is InChI=1S/C28H28N4O4/c1-4-14-36-22-12-9-20(15-23(22)35-3)27-24-25(19-7-10-21(34-2)11-8-19)30-31-26(24)28(33)32(27)17-18-6-5-13-29-16-18/h5-13,15-16,27H,4,14,17H2,1-3H3,(H,30,31). The molecule has 184 valence electrons. The highest BCUT2D eigenvalue weighted by atomic mass is 16.5. The highest BCUT2D eigenvalue weighted by Crippen LogP contribution is 2.45. The molecule has 0 saturated heterocycles. The average Bonchev–Trinajstić information content (AvgIpc) is 3.47. The molecule has 4 aromatic rings. The van der Waals surface area contributed by atoms with Gasteiger partial charge >= 0.3 is 0 Å². The van der Waals surface area contributed by atoms with Gasteiger partial charge in [0.1, 0.15) is 11.4 Å². The Bertz CT molecular complexity index is 1350. The predicted molar refractivity (Wildman–Crippen MR) is 135 cm³/mol. The number of nitrogens with zero attached hydrogens (tertiary/aromatic N) is 3. The molecule has 36 heavy (non-hydrogen) atoms. The van der Waals surface area contributed by atoms with Gasteiger partial charge in [-0.05, 0) is 60.0 Å². The lowest BCUT2D eigenvalue weighted by Crippen LogP contribution is -2.29. The number of carbonyl (C=O) groups excluding carboxylic acids is 1. The van der Waals surface area contributed by atoms with Gasteiger partial charge in [-0.1, -0.05) is 19.1 Å². The minimum Gasteiger partial charge on any atom is -0.497 e. The number of rotatable bonds is 9. The number of aromatic nitrogens is 3. The third kappa shape index (κ3) is 4.26. The van der Waals surface area contributed by atoms with Crippen LogP contribution < -0.4 is 14.2 Å². The van der Waals surface area contributed by atoms with Crippen LogP contribution in [0.3, 0.4) is 0 Å². The van der Waals surface area contributed by atoms with Gasteiger partial charge in [-0.15, -0.1) is 0 Å². The lowest BCUT2D eigenvalue weighted by Gasteiger charge is -2.27. The molecule has 0 spiro atoms. The second-order valence-electron chi connectivity index (χ2n) is 8.55. The van der Waals surface area contributed by atoms with Crippen LogP contribution in [0.25, 0.3) is 11.3 Å². The van der Waals surface area contributed by atoms with E-state index < -0.39 is 0 Å². The Morgan fingerprint density at radius 3 is 2.56 bits per heavy atom. The van der Waals surface area contributed by atoms with Crippen LogP contribution in [0.2, 0.25) is 0 Å². The summed E-state index contributed by atoms with van der Waals surface area (Å²) in [6.07, 6.45) is 4.40. The Hall–Kier alpha value is -4.33. The smallest absolute Gasteiger partial charge is 0.273 e. The first-order valence-corrected chi connectivity index (χ1v) is 11.9. The van der Waals surface area contributed by atoms with Crippen molar-refractivity contribution in [1.82, 2.24) is 20.1 Å². The number of aromatic amines is 1. The molecular weight excluding hydrogens is 456 g/mol. The predicted octanol–water partition coefficient (Wildman–Crippen LogP) is 5.02. The van der Waals surface area contributed by atoms with E-state index in [1.165, 1.54) is 0 Å². The van der Waals surface area contributed by atoms with Gasteiger partial charge in [-0.3, -0.25) is 14.9 Å². The minimum absolute atomic E-state index is 0.114. The SMILES string of the molecule is CCCOc1ccc(C2c3c(-c4ccc(OC)cc4)n[nH]c3C(=O)N2Cc2cccnc2)cc1OC. The summed E-state index contributed by atoms with van der Waals surface area (Å²) in [7, 11) is 3.25. The van der Waals surface area contributed by atoms with Gasteiger partial charge in [-0.2, -0.15) is 5.10 Å². The molecule has 1 aliphatic heterocycles. The molecule has 2 aromatic carbocycles. The third-order valence-electron chi connectivity index (χ3n) is 6.27. The van der Waals surface area contributed by atoms with E-state index in [-0.39, 0.29) is 11.9 Å². The van der Waals surface area contributed by atoms with Crippen molar-refractivity contribution in [2.75, 3.05) is 20.8 Å². The van der Waals surface area contributed by atoms with Crippen molar-refractivity contribution in [3.8, 4) is 28.5 Å². The van der Waals surface area contributed by atoms with Gasteiger partial charge < -0.3 is 19.1 Å². The van der Waals surface area contributed by atoms with Crippen LogP contribution in [0.1, 0.15) is 46.6 Å². The second-order valence-corrected chi connectivity index (χ2v) is 8.55. The maximum atomic E-state index is 13.7. The van der Waals surface area contributed by atoms with Crippen LogP contribution in [0, 0.1) is 0 Å². The molecule has 1 unspecified atom stereocenters. The Balaban J connectivity index is 1.62. The fourth-order valence-electron chi connectivity index (χ4n) is 4.55. The molecule has 1 amide bonds. The Morgan fingerprint density at radius 2 is 1.86 bits per heavy atom. The molecule has 8 nitrogen and oxygen atoms in total. The molecule has 5 rings (SSSR count). The quantitative estimate of drug-likeness (QED) is 0.359. The van der Waals surface area contributed by atoms with Crippen molar-refractivity contribution in [2.24, 2.45) is 0 Å². The molecule has 1 atom stereocenters. The first kappa shape index (κ1) is 23.4.